The molecule has 0 aliphatic carbocycles. The van der Waals surface area contributed by atoms with Gasteiger partial charge in [-0.1, -0.05) is 66.7 Å². The lowest BCUT2D eigenvalue weighted by atomic mass is 9.96. The van der Waals surface area contributed by atoms with Gasteiger partial charge in [-0.05, 0) is 61.2 Å². The fraction of sp³-hybridized carbons (Fsp3) is 0.286. The number of carbonyl (C=O) groups is 1. The maximum atomic E-state index is 13.6. The highest BCUT2D eigenvalue weighted by atomic mass is 16.2. The van der Waals surface area contributed by atoms with Crippen molar-refractivity contribution in [3.63, 3.8) is 0 Å². The van der Waals surface area contributed by atoms with Gasteiger partial charge in [-0.3, -0.25) is 4.79 Å². The standard InChI is InChI=1S/C35H37N7O/c43-35(25-16-18-36-19-17-25)39-32(20-27-22-38-31-13-7-5-11-29(27)31)34-41-40-33(42(34)23-24-8-2-1-3-9-24)15-14-26-21-37-30-12-6-4-10-28(26)30/h1-13,21-22,25,32,36-38H,14-20,23H2,(H,39,43)/t32-/m1/s1. The van der Waals surface area contributed by atoms with Gasteiger partial charge in [-0.25, -0.2) is 0 Å². The third-order valence-corrected chi connectivity index (χ3v) is 8.77. The zero-order chi connectivity index (χ0) is 29.0. The number of rotatable bonds is 10. The van der Waals surface area contributed by atoms with Gasteiger partial charge in [0.1, 0.15) is 5.82 Å². The Balaban J connectivity index is 1.24. The van der Waals surface area contributed by atoms with Gasteiger partial charge < -0.3 is 25.2 Å². The number of hydrogen-bond donors (Lipinski definition) is 4. The molecule has 0 saturated carbocycles. The predicted octanol–water partition coefficient (Wildman–Crippen LogP) is 5.47. The van der Waals surface area contributed by atoms with E-state index in [1.807, 2.05) is 12.1 Å². The van der Waals surface area contributed by atoms with Gasteiger partial charge in [-0.15, -0.1) is 10.2 Å². The fourth-order valence-corrected chi connectivity index (χ4v) is 6.42. The Morgan fingerprint density at radius 3 is 2.21 bits per heavy atom. The Morgan fingerprint density at radius 2 is 1.47 bits per heavy atom. The first-order valence-corrected chi connectivity index (χ1v) is 15.3. The van der Waals surface area contributed by atoms with E-state index in [0.29, 0.717) is 13.0 Å². The molecule has 1 aliphatic rings. The van der Waals surface area contributed by atoms with E-state index in [9.17, 15) is 4.79 Å². The molecule has 43 heavy (non-hydrogen) atoms. The first kappa shape index (κ1) is 27.2. The number of nitrogens with zero attached hydrogens (tertiary/aromatic N) is 3. The minimum Gasteiger partial charge on any atom is -0.361 e. The fourth-order valence-electron chi connectivity index (χ4n) is 6.42. The van der Waals surface area contributed by atoms with Crippen LogP contribution in [0, 0.1) is 5.92 Å². The first-order chi connectivity index (χ1) is 21.2. The van der Waals surface area contributed by atoms with Crippen LogP contribution in [0.5, 0.6) is 0 Å². The average Bonchev–Trinajstić information content (AvgIpc) is 3.78. The van der Waals surface area contributed by atoms with Crippen LogP contribution in [0.3, 0.4) is 0 Å². The number of benzene rings is 3. The van der Waals surface area contributed by atoms with Crippen molar-refractivity contribution in [2.45, 2.75) is 44.7 Å². The molecular formula is C35H37N7O. The summed E-state index contributed by atoms with van der Waals surface area (Å²) in [4.78, 5) is 20.5. The lowest BCUT2D eigenvalue weighted by Gasteiger charge is -2.26. The molecule has 4 N–H and O–H groups in total. The Bertz CT molecular complexity index is 1830. The molecule has 8 heteroatoms. The summed E-state index contributed by atoms with van der Waals surface area (Å²) in [5.74, 6) is 1.81. The van der Waals surface area contributed by atoms with Crippen LogP contribution in [0.25, 0.3) is 21.8 Å². The molecule has 1 aliphatic heterocycles. The van der Waals surface area contributed by atoms with Crippen molar-refractivity contribution in [1.82, 2.24) is 35.4 Å². The van der Waals surface area contributed by atoms with E-state index in [-0.39, 0.29) is 17.9 Å². The highest BCUT2D eigenvalue weighted by Gasteiger charge is 2.28. The van der Waals surface area contributed by atoms with Crippen LogP contribution >= 0.6 is 0 Å². The van der Waals surface area contributed by atoms with Crippen molar-refractivity contribution in [3.8, 4) is 0 Å². The minimum atomic E-state index is -0.320. The number of aryl methyl sites for hydroxylation is 2. The molecule has 0 radical (unpaired) electrons. The normalized spacial score (nSPS) is 14.8. The molecule has 3 aromatic carbocycles. The summed E-state index contributed by atoms with van der Waals surface area (Å²) in [7, 11) is 0. The van der Waals surface area contributed by atoms with Gasteiger partial charge in [0.2, 0.25) is 5.91 Å². The molecule has 0 spiro atoms. The number of aromatic amines is 2. The number of piperidine rings is 1. The second kappa shape index (κ2) is 12.3. The van der Waals surface area contributed by atoms with Crippen LogP contribution in [-0.2, 0) is 30.6 Å². The number of para-hydroxylation sites is 2. The summed E-state index contributed by atoms with van der Waals surface area (Å²) >= 11 is 0. The summed E-state index contributed by atoms with van der Waals surface area (Å²) in [5, 5.41) is 18.8. The summed E-state index contributed by atoms with van der Waals surface area (Å²) in [6.45, 7) is 2.38. The molecule has 6 aromatic rings. The van der Waals surface area contributed by atoms with Gasteiger partial charge in [0.05, 0.1) is 12.6 Å². The van der Waals surface area contributed by atoms with Crippen molar-refractivity contribution in [3.05, 3.63) is 120 Å². The molecule has 0 unspecified atom stereocenters. The number of carbonyl (C=O) groups excluding carboxylic acids is 1. The lowest BCUT2D eigenvalue weighted by Crippen LogP contribution is -2.41. The third kappa shape index (κ3) is 5.83. The van der Waals surface area contributed by atoms with E-state index in [1.54, 1.807) is 0 Å². The van der Waals surface area contributed by atoms with Crippen LogP contribution < -0.4 is 10.6 Å². The summed E-state index contributed by atoms with van der Waals surface area (Å²) in [6, 6.07) is 26.8. The quantitative estimate of drug-likeness (QED) is 0.175. The Kier molecular flexibility index (Phi) is 7.75. The van der Waals surface area contributed by atoms with Crippen molar-refractivity contribution in [2.24, 2.45) is 5.92 Å². The van der Waals surface area contributed by atoms with Crippen molar-refractivity contribution >= 4 is 27.7 Å². The first-order valence-electron chi connectivity index (χ1n) is 15.3. The number of aromatic nitrogens is 5. The number of fused-ring (bicyclic) bond motifs is 2. The molecule has 1 atom stereocenters. The summed E-state index contributed by atoms with van der Waals surface area (Å²) in [6.07, 6.45) is 8.05. The van der Waals surface area contributed by atoms with Gasteiger partial charge in [0, 0.05) is 53.0 Å². The maximum absolute atomic E-state index is 13.6. The number of H-pyrrole nitrogens is 2. The Labute approximate surface area is 250 Å². The molecular weight excluding hydrogens is 534 g/mol. The number of hydrogen-bond acceptors (Lipinski definition) is 4. The van der Waals surface area contributed by atoms with Crippen LogP contribution in [0.1, 0.15) is 47.2 Å². The molecule has 4 heterocycles. The third-order valence-electron chi connectivity index (χ3n) is 8.77. The van der Waals surface area contributed by atoms with Crippen molar-refractivity contribution < 1.29 is 4.79 Å². The summed E-state index contributed by atoms with van der Waals surface area (Å²) in [5.41, 5.74) is 5.82. The van der Waals surface area contributed by atoms with E-state index >= 15 is 0 Å². The SMILES string of the molecule is O=C(N[C@H](Cc1c[nH]c2ccccc12)c1nnc(CCc2c[nH]c3ccccc23)n1Cc1ccccc1)C1CCNCC1. The van der Waals surface area contributed by atoms with Crippen molar-refractivity contribution in [1.29, 1.82) is 0 Å². The molecule has 8 nitrogen and oxygen atoms in total. The highest BCUT2D eigenvalue weighted by molar-refractivity contribution is 5.84. The van der Waals surface area contributed by atoms with E-state index in [4.69, 9.17) is 10.2 Å². The largest absolute Gasteiger partial charge is 0.361 e. The van der Waals surface area contributed by atoms with E-state index in [0.717, 1.165) is 72.4 Å². The second-order valence-corrected chi connectivity index (χ2v) is 11.6. The molecule has 7 rings (SSSR count). The Morgan fingerprint density at radius 1 is 0.814 bits per heavy atom. The molecule has 0 bridgehead atoms. The topological polar surface area (TPSA) is 103 Å². The van der Waals surface area contributed by atoms with Crippen LogP contribution in [0.15, 0.2) is 91.3 Å². The van der Waals surface area contributed by atoms with Crippen LogP contribution in [0.4, 0.5) is 0 Å². The molecule has 218 valence electrons. The maximum Gasteiger partial charge on any atom is 0.223 e. The average molecular weight is 572 g/mol. The summed E-state index contributed by atoms with van der Waals surface area (Å²) < 4.78 is 2.23. The van der Waals surface area contributed by atoms with Gasteiger partial charge >= 0.3 is 0 Å². The molecule has 1 saturated heterocycles. The molecule has 1 fully saturated rings. The van der Waals surface area contributed by atoms with E-state index in [1.165, 1.54) is 16.5 Å². The lowest BCUT2D eigenvalue weighted by molar-refractivity contribution is -0.126. The smallest absolute Gasteiger partial charge is 0.223 e. The number of amides is 1. The monoisotopic (exact) mass is 571 g/mol. The van der Waals surface area contributed by atoms with Crippen LogP contribution in [0.2, 0.25) is 0 Å². The van der Waals surface area contributed by atoms with E-state index < -0.39 is 0 Å². The van der Waals surface area contributed by atoms with E-state index in [2.05, 4.69) is 104 Å². The molecule has 1 amide bonds. The van der Waals surface area contributed by atoms with Gasteiger partial charge in [-0.2, -0.15) is 0 Å². The second-order valence-electron chi connectivity index (χ2n) is 11.6. The minimum absolute atomic E-state index is 0.00134. The number of nitrogens with one attached hydrogen (secondary N) is 4. The molecule has 3 aromatic heterocycles. The van der Waals surface area contributed by atoms with Crippen molar-refractivity contribution in [2.75, 3.05) is 13.1 Å². The van der Waals surface area contributed by atoms with Gasteiger partial charge in [0.15, 0.2) is 5.82 Å². The zero-order valence-corrected chi connectivity index (χ0v) is 24.2. The predicted molar refractivity (Wildman–Crippen MR) is 170 cm³/mol. The zero-order valence-electron chi connectivity index (χ0n) is 24.2. The Hall–Kier alpha value is -4.69. The van der Waals surface area contributed by atoms with Gasteiger partial charge in [0.25, 0.3) is 0 Å². The highest BCUT2D eigenvalue weighted by Crippen LogP contribution is 2.27. The van der Waals surface area contributed by atoms with Crippen LogP contribution in [-0.4, -0.2) is 43.7 Å².